The van der Waals surface area contributed by atoms with Crippen molar-refractivity contribution in [3.05, 3.63) is 29.8 Å². The van der Waals surface area contributed by atoms with Gasteiger partial charge in [-0.3, -0.25) is 0 Å². The Morgan fingerprint density at radius 1 is 1.60 bits per heavy atom. The van der Waals surface area contributed by atoms with Crippen molar-refractivity contribution in [2.24, 2.45) is 5.73 Å². The van der Waals surface area contributed by atoms with Crippen LogP contribution in [-0.2, 0) is 0 Å². The predicted octanol–water partition coefficient (Wildman–Crippen LogP) is 0.855. The minimum atomic E-state index is -0.528. The summed E-state index contributed by atoms with van der Waals surface area (Å²) < 4.78 is 12.2. The van der Waals surface area contributed by atoms with E-state index in [1.165, 1.54) is 18.3 Å². The number of rotatable bonds is 1. The monoisotopic (exact) mass is 156 g/mol. The van der Waals surface area contributed by atoms with Crippen LogP contribution in [0.1, 0.15) is 5.56 Å². The summed E-state index contributed by atoms with van der Waals surface area (Å²) >= 11 is 4.62. The molecule has 1 aromatic rings. The third kappa shape index (κ3) is 1.48. The van der Waals surface area contributed by atoms with Gasteiger partial charge in [0.15, 0.2) is 0 Å². The molecule has 2 nitrogen and oxygen atoms in total. The highest BCUT2D eigenvalue weighted by Gasteiger charge is 1.95. The molecule has 0 bridgehead atoms. The number of nitrogens with two attached hydrogens (primary N) is 1. The van der Waals surface area contributed by atoms with E-state index in [0.29, 0.717) is 5.56 Å². The number of pyridine rings is 1. The fourth-order valence-electron chi connectivity index (χ4n) is 0.522. The van der Waals surface area contributed by atoms with Gasteiger partial charge in [0.1, 0.15) is 4.99 Å². The first-order chi connectivity index (χ1) is 4.70. The average molecular weight is 156 g/mol. The number of hydrogen-bond donors (Lipinski definition) is 1. The first-order valence-electron chi connectivity index (χ1n) is 2.61. The Morgan fingerprint density at radius 3 is 2.70 bits per heavy atom. The highest BCUT2D eigenvalue weighted by molar-refractivity contribution is 7.80. The van der Waals surface area contributed by atoms with E-state index in [9.17, 15) is 4.39 Å². The molecule has 4 heteroatoms. The summed E-state index contributed by atoms with van der Waals surface area (Å²) in [4.78, 5) is 3.60. The zero-order valence-corrected chi connectivity index (χ0v) is 5.86. The van der Waals surface area contributed by atoms with Crippen molar-refractivity contribution in [3.8, 4) is 0 Å². The summed E-state index contributed by atoms with van der Waals surface area (Å²) in [7, 11) is 0. The van der Waals surface area contributed by atoms with Gasteiger partial charge in [-0.05, 0) is 12.1 Å². The van der Waals surface area contributed by atoms with Gasteiger partial charge < -0.3 is 5.73 Å². The highest BCUT2D eigenvalue weighted by atomic mass is 32.1. The Labute approximate surface area is 62.9 Å². The molecule has 2 N–H and O–H groups in total. The molecule has 0 aliphatic heterocycles. The van der Waals surface area contributed by atoms with Crippen LogP contribution in [0.5, 0.6) is 0 Å². The molecule has 0 atom stereocenters. The molecule has 1 rings (SSSR count). The second-order valence-electron chi connectivity index (χ2n) is 1.73. The second-order valence-corrected chi connectivity index (χ2v) is 2.17. The van der Waals surface area contributed by atoms with E-state index >= 15 is 0 Å². The number of halogens is 1. The molecule has 0 radical (unpaired) electrons. The lowest BCUT2D eigenvalue weighted by molar-refractivity contribution is 0.583. The number of hydrogen-bond acceptors (Lipinski definition) is 2. The SMILES string of the molecule is NC(=S)c1ccc(F)nc1. The predicted molar refractivity (Wildman–Crippen MR) is 40.1 cm³/mol. The zero-order valence-electron chi connectivity index (χ0n) is 5.04. The zero-order chi connectivity index (χ0) is 7.56. The van der Waals surface area contributed by atoms with Gasteiger partial charge >= 0.3 is 0 Å². The summed E-state index contributed by atoms with van der Waals surface area (Å²) in [6, 6.07) is 2.71. The Kier molecular flexibility index (Phi) is 1.91. The van der Waals surface area contributed by atoms with Crippen molar-refractivity contribution in [2.45, 2.75) is 0 Å². The fourth-order valence-corrected chi connectivity index (χ4v) is 0.642. The molecule has 0 amide bonds. The van der Waals surface area contributed by atoms with Crippen molar-refractivity contribution >= 4 is 17.2 Å². The maximum Gasteiger partial charge on any atom is 0.212 e. The van der Waals surface area contributed by atoms with Crippen molar-refractivity contribution in [2.75, 3.05) is 0 Å². The van der Waals surface area contributed by atoms with Gasteiger partial charge in [-0.15, -0.1) is 0 Å². The lowest BCUT2D eigenvalue weighted by Gasteiger charge is -1.93. The van der Waals surface area contributed by atoms with Gasteiger partial charge in [0.2, 0.25) is 5.95 Å². The van der Waals surface area contributed by atoms with Gasteiger partial charge in [-0.25, -0.2) is 4.98 Å². The number of thiocarbonyl (C=S) groups is 1. The Hall–Kier alpha value is -1.03. The largest absolute Gasteiger partial charge is 0.389 e. The standard InChI is InChI=1S/C6H5FN2S/c7-5-2-1-4(3-9-5)6(8)10/h1-3H,(H2,8,10). The van der Waals surface area contributed by atoms with E-state index in [0.717, 1.165) is 0 Å². The smallest absolute Gasteiger partial charge is 0.212 e. The van der Waals surface area contributed by atoms with E-state index in [1.54, 1.807) is 0 Å². The molecule has 0 unspecified atom stereocenters. The lowest BCUT2D eigenvalue weighted by Crippen LogP contribution is -2.09. The minimum Gasteiger partial charge on any atom is -0.389 e. The van der Waals surface area contributed by atoms with Crippen LogP contribution in [0.3, 0.4) is 0 Å². The van der Waals surface area contributed by atoms with E-state index in [2.05, 4.69) is 17.2 Å². The van der Waals surface area contributed by atoms with Crippen LogP contribution in [-0.4, -0.2) is 9.97 Å². The molecule has 52 valence electrons. The molecule has 0 spiro atoms. The van der Waals surface area contributed by atoms with Gasteiger partial charge in [0.25, 0.3) is 0 Å². The third-order valence-corrected chi connectivity index (χ3v) is 1.25. The fraction of sp³-hybridized carbons (Fsp3) is 0. The Bertz CT molecular complexity index is 244. The topological polar surface area (TPSA) is 38.9 Å². The molecule has 0 saturated heterocycles. The Balaban J connectivity index is 3.00. The maximum absolute atomic E-state index is 12.2. The summed E-state index contributed by atoms with van der Waals surface area (Å²) in [5.41, 5.74) is 5.81. The van der Waals surface area contributed by atoms with Gasteiger partial charge in [-0.2, -0.15) is 4.39 Å². The summed E-state index contributed by atoms with van der Waals surface area (Å²) in [6.45, 7) is 0. The van der Waals surface area contributed by atoms with Gasteiger partial charge in [-0.1, -0.05) is 12.2 Å². The first kappa shape index (κ1) is 7.08. The average Bonchev–Trinajstić information content (AvgIpc) is 1.88. The van der Waals surface area contributed by atoms with Gasteiger partial charge in [0.05, 0.1) is 0 Å². The van der Waals surface area contributed by atoms with Crippen LogP contribution >= 0.6 is 12.2 Å². The molecule has 1 aromatic heterocycles. The number of nitrogens with zero attached hydrogens (tertiary/aromatic N) is 1. The normalized spacial score (nSPS) is 9.30. The quantitative estimate of drug-likeness (QED) is 0.484. The molecular weight excluding hydrogens is 151 g/mol. The Morgan fingerprint density at radius 2 is 2.30 bits per heavy atom. The first-order valence-corrected chi connectivity index (χ1v) is 3.02. The van der Waals surface area contributed by atoms with Crippen LogP contribution in [0, 0.1) is 5.95 Å². The summed E-state index contributed by atoms with van der Waals surface area (Å²) in [6.07, 6.45) is 1.30. The lowest BCUT2D eigenvalue weighted by atomic mass is 10.3. The van der Waals surface area contributed by atoms with Crippen LogP contribution in [0.2, 0.25) is 0 Å². The van der Waals surface area contributed by atoms with E-state index < -0.39 is 5.95 Å². The molecule has 0 fully saturated rings. The maximum atomic E-state index is 12.2. The molecular formula is C6H5FN2S. The van der Waals surface area contributed by atoms with Crippen LogP contribution in [0.15, 0.2) is 18.3 Å². The molecule has 10 heavy (non-hydrogen) atoms. The molecule has 0 aromatic carbocycles. The van der Waals surface area contributed by atoms with E-state index in [1.807, 2.05) is 0 Å². The van der Waals surface area contributed by atoms with Crippen LogP contribution in [0.25, 0.3) is 0 Å². The van der Waals surface area contributed by atoms with Crippen LogP contribution in [0.4, 0.5) is 4.39 Å². The highest BCUT2D eigenvalue weighted by Crippen LogP contribution is 1.97. The van der Waals surface area contributed by atoms with Crippen molar-refractivity contribution in [1.82, 2.24) is 4.98 Å². The van der Waals surface area contributed by atoms with E-state index in [-0.39, 0.29) is 4.99 Å². The van der Waals surface area contributed by atoms with Crippen molar-refractivity contribution in [1.29, 1.82) is 0 Å². The minimum absolute atomic E-state index is 0.229. The molecule has 0 aliphatic carbocycles. The number of aromatic nitrogens is 1. The van der Waals surface area contributed by atoms with Crippen LogP contribution < -0.4 is 5.73 Å². The second kappa shape index (κ2) is 2.70. The van der Waals surface area contributed by atoms with E-state index in [4.69, 9.17) is 5.73 Å². The molecule has 0 saturated carbocycles. The summed E-state index contributed by atoms with van der Waals surface area (Å²) in [5, 5.41) is 0. The van der Waals surface area contributed by atoms with Crippen molar-refractivity contribution < 1.29 is 4.39 Å². The molecule has 0 aliphatic rings. The third-order valence-electron chi connectivity index (χ3n) is 1.01. The van der Waals surface area contributed by atoms with Crippen molar-refractivity contribution in [3.63, 3.8) is 0 Å². The molecule has 1 heterocycles. The van der Waals surface area contributed by atoms with Gasteiger partial charge in [0, 0.05) is 11.8 Å². The summed E-state index contributed by atoms with van der Waals surface area (Å²) in [5.74, 6) is -0.528.